The van der Waals surface area contributed by atoms with Gasteiger partial charge in [0.1, 0.15) is 5.58 Å². The van der Waals surface area contributed by atoms with Gasteiger partial charge in [-0.3, -0.25) is 4.98 Å². The third-order valence-electron chi connectivity index (χ3n) is 9.36. The van der Waals surface area contributed by atoms with E-state index in [9.17, 15) is 0 Å². The molecular weight excluding hydrogens is 855 g/mol. The maximum absolute atomic E-state index is 8.59. The number of hydrogen-bond acceptors (Lipinski definition) is 3. The zero-order valence-corrected chi connectivity index (χ0v) is 34.3. The molecule has 0 unspecified atom stereocenters. The molecule has 0 amide bonds. The van der Waals surface area contributed by atoms with Gasteiger partial charge >= 0.3 is 0 Å². The number of aryl methyl sites for hydroxylation is 1. The Labute approximate surface area is 339 Å². The van der Waals surface area contributed by atoms with Crippen LogP contribution in [0.15, 0.2) is 138 Å². The summed E-state index contributed by atoms with van der Waals surface area (Å²) < 4.78 is 48.1. The molecule has 6 aromatic carbocycles. The molecule has 0 saturated carbocycles. The Hall–Kier alpha value is -5.13. The minimum atomic E-state index is -2.16. The van der Waals surface area contributed by atoms with Crippen LogP contribution in [0.5, 0.6) is 0 Å². The predicted molar refractivity (Wildman–Crippen MR) is 225 cm³/mol. The molecular formula is C48H43IrN3OSi-2. The van der Waals surface area contributed by atoms with E-state index in [2.05, 4.69) is 114 Å². The van der Waals surface area contributed by atoms with E-state index in [1.807, 2.05) is 50.2 Å². The van der Waals surface area contributed by atoms with Gasteiger partial charge in [0.2, 0.25) is 0 Å². The van der Waals surface area contributed by atoms with Crippen molar-refractivity contribution in [3.63, 3.8) is 0 Å². The molecule has 0 fully saturated rings. The van der Waals surface area contributed by atoms with Crippen molar-refractivity contribution in [1.82, 2.24) is 14.5 Å². The number of furan rings is 1. The van der Waals surface area contributed by atoms with Crippen molar-refractivity contribution in [3.05, 3.63) is 157 Å². The van der Waals surface area contributed by atoms with Gasteiger partial charge in [-0.1, -0.05) is 124 Å². The first-order chi connectivity index (χ1) is 27.6. The molecule has 9 aromatic rings. The van der Waals surface area contributed by atoms with Crippen LogP contribution in [0.2, 0.25) is 19.6 Å². The third kappa shape index (κ3) is 7.34. The van der Waals surface area contributed by atoms with E-state index in [1.165, 1.54) is 16.8 Å². The van der Waals surface area contributed by atoms with Gasteiger partial charge in [-0.2, -0.15) is 0 Å². The van der Waals surface area contributed by atoms with Crippen LogP contribution < -0.4 is 5.19 Å². The van der Waals surface area contributed by atoms with Crippen molar-refractivity contribution >= 4 is 57.0 Å². The van der Waals surface area contributed by atoms with E-state index in [1.54, 1.807) is 18.3 Å². The van der Waals surface area contributed by atoms with Gasteiger partial charge in [0.25, 0.3) is 0 Å². The summed E-state index contributed by atoms with van der Waals surface area (Å²) in [7, 11) is -1.78. The second-order valence-corrected chi connectivity index (χ2v) is 19.7. The van der Waals surface area contributed by atoms with E-state index in [-0.39, 0.29) is 31.6 Å². The van der Waals surface area contributed by atoms with Crippen LogP contribution >= 0.6 is 0 Å². The molecule has 271 valence electrons. The topological polar surface area (TPSA) is 43.9 Å². The van der Waals surface area contributed by atoms with Gasteiger partial charge in [-0.25, -0.2) is 0 Å². The number of aromatic nitrogens is 3. The first-order valence-electron chi connectivity index (χ1n) is 20.4. The quantitative estimate of drug-likeness (QED) is 0.123. The van der Waals surface area contributed by atoms with Gasteiger partial charge < -0.3 is 14.0 Å². The van der Waals surface area contributed by atoms with Crippen molar-refractivity contribution in [2.45, 2.75) is 46.7 Å². The molecule has 0 saturated heterocycles. The average Bonchev–Trinajstić information content (AvgIpc) is 3.79. The fourth-order valence-electron chi connectivity index (χ4n) is 6.84. The molecule has 3 heterocycles. The first-order valence-corrected chi connectivity index (χ1v) is 21.4. The Kier molecular flexibility index (Phi) is 8.86. The second kappa shape index (κ2) is 15.3. The molecule has 6 heteroatoms. The average molecular weight is 903 g/mol. The van der Waals surface area contributed by atoms with E-state index in [4.69, 9.17) is 16.3 Å². The zero-order valence-electron chi connectivity index (χ0n) is 35.9. The molecule has 0 atom stereocenters. The summed E-state index contributed by atoms with van der Waals surface area (Å²) in [5, 5.41) is 5.60. The molecule has 0 aliphatic carbocycles. The van der Waals surface area contributed by atoms with Crippen molar-refractivity contribution in [2.75, 3.05) is 0 Å². The largest absolute Gasteiger partial charge is 0.501 e. The van der Waals surface area contributed by atoms with E-state index in [0.29, 0.717) is 16.8 Å². The van der Waals surface area contributed by atoms with Gasteiger partial charge in [0.15, 0.2) is 0 Å². The van der Waals surface area contributed by atoms with Crippen LogP contribution in [0.4, 0.5) is 0 Å². The molecule has 1 radical (unpaired) electrons. The van der Waals surface area contributed by atoms with Crippen LogP contribution in [0.3, 0.4) is 0 Å². The molecule has 0 aliphatic rings. The summed E-state index contributed by atoms with van der Waals surface area (Å²) in [5.74, 6) is 0.654. The van der Waals surface area contributed by atoms with E-state index in [0.717, 1.165) is 55.2 Å². The maximum atomic E-state index is 8.59. The van der Waals surface area contributed by atoms with Crippen LogP contribution in [0, 0.1) is 24.9 Å². The molecule has 9 rings (SSSR count). The molecule has 0 N–H and O–H groups in total. The Morgan fingerprint density at radius 3 is 2.39 bits per heavy atom. The normalized spacial score (nSPS) is 13.5. The van der Waals surface area contributed by atoms with Crippen molar-refractivity contribution in [3.8, 4) is 28.3 Å². The second-order valence-electron chi connectivity index (χ2n) is 14.6. The van der Waals surface area contributed by atoms with Gasteiger partial charge in [-0.15, -0.1) is 53.6 Å². The summed E-state index contributed by atoms with van der Waals surface area (Å²) >= 11 is 0. The van der Waals surface area contributed by atoms with Crippen LogP contribution in [0.25, 0.3) is 72.1 Å². The SMILES string of the molecule is [2H]C([2H])([2H])c1c[c-]c(-c2cc(C([2H])([2H])C(C)C)c([Si](C)(C)C)cn2)cc1.[Ir].[c-]1ccc2c(oc3ccccc32)c1-c1nc2ccccc2n1-c1ccc2ccccc2c1. The van der Waals surface area contributed by atoms with Crippen molar-refractivity contribution < 1.29 is 31.4 Å². The predicted octanol–water partition coefficient (Wildman–Crippen LogP) is 12.1. The number of hydrogen-bond donors (Lipinski definition) is 0. The van der Waals surface area contributed by atoms with Crippen LogP contribution in [-0.4, -0.2) is 22.6 Å². The summed E-state index contributed by atoms with van der Waals surface area (Å²) in [4.78, 5) is 9.57. The Balaban J connectivity index is 0.000000181. The zero-order chi connectivity index (χ0) is 41.0. The van der Waals surface area contributed by atoms with E-state index < -0.39 is 21.3 Å². The number of imidazole rings is 1. The molecule has 0 bridgehead atoms. The summed E-state index contributed by atoms with van der Waals surface area (Å²) in [5.41, 5.74) is 7.81. The minimum Gasteiger partial charge on any atom is -0.501 e. The van der Waals surface area contributed by atoms with Gasteiger partial charge in [0, 0.05) is 44.2 Å². The molecule has 0 aliphatic heterocycles. The van der Waals surface area contributed by atoms with Gasteiger partial charge in [-0.05, 0) is 64.3 Å². The summed E-state index contributed by atoms with van der Waals surface area (Å²) in [6.45, 7) is 8.14. The monoisotopic (exact) mass is 903 g/mol. The fourth-order valence-corrected chi connectivity index (χ4v) is 8.25. The number of pyridine rings is 1. The van der Waals surface area contributed by atoms with Crippen molar-refractivity contribution in [2.24, 2.45) is 5.92 Å². The molecule has 0 spiro atoms. The standard InChI is InChI=1S/C29H17N2O.C19H26NSi.Ir/c1-2-9-20-18-21(17-16-19(20)8-1)31-26-14-5-4-13-25(26)30-29(31)24-12-7-11-23-22-10-3-6-15-27(22)32-28(23)24;1-14(2)11-17-12-18(16-9-7-15(3)8-10-16)20-13-19(17)21(4,5)6;/h1-11,13-18H;7-9,12-14H,11H2,1-6H3;/q2*-1;/i;3D3,11D2;. The summed E-state index contributed by atoms with van der Waals surface area (Å²) in [6.07, 6.45) is 0.328. The molecule has 3 aromatic heterocycles. The Bertz CT molecular complexity index is 2950. The number of para-hydroxylation sites is 3. The van der Waals surface area contributed by atoms with Crippen LogP contribution in [0.1, 0.15) is 31.8 Å². The smallest absolute Gasteiger partial charge is 0.120 e. The Morgan fingerprint density at radius 2 is 1.61 bits per heavy atom. The first kappa shape index (κ1) is 31.2. The van der Waals surface area contributed by atoms with Gasteiger partial charge in [0.05, 0.1) is 30.5 Å². The fraction of sp³-hybridized carbons (Fsp3) is 0.167. The summed E-state index contributed by atoms with van der Waals surface area (Å²) in [6, 6.07) is 48.3. The maximum Gasteiger partial charge on any atom is 0.120 e. The number of rotatable bonds is 6. The number of benzene rings is 6. The minimum absolute atomic E-state index is 0. The number of fused-ring (bicyclic) bond motifs is 5. The Morgan fingerprint density at radius 1 is 0.833 bits per heavy atom. The number of nitrogens with zero attached hydrogens (tertiary/aromatic N) is 3. The van der Waals surface area contributed by atoms with Crippen molar-refractivity contribution in [1.29, 1.82) is 0 Å². The molecule has 4 nitrogen and oxygen atoms in total. The third-order valence-corrected chi connectivity index (χ3v) is 11.4. The molecule has 54 heavy (non-hydrogen) atoms. The van der Waals surface area contributed by atoms with Crippen LogP contribution in [-0.2, 0) is 26.5 Å². The van der Waals surface area contributed by atoms with E-state index >= 15 is 0 Å².